The van der Waals surface area contributed by atoms with Crippen molar-refractivity contribution in [1.29, 1.82) is 0 Å². The maximum Gasteiger partial charge on any atom is 0.0819 e. The summed E-state index contributed by atoms with van der Waals surface area (Å²) in [5.74, 6) is 0.396. The summed E-state index contributed by atoms with van der Waals surface area (Å²) in [6, 6.07) is 14.6. The van der Waals surface area contributed by atoms with E-state index in [1.807, 2.05) is 12.1 Å². The van der Waals surface area contributed by atoms with Gasteiger partial charge in [0.2, 0.25) is 0 Å². The Morgan fingerprint density at radius 3 is 2.50 bits per heavy atom. The van der Waals surface area contributed by atoms with Gasteiger partial charge in [-0.25, -0.2) is 0 Å². The number of aliphatic hydroxyl groups excluding tert-OH is 1. The molecule has 1 atom stereocenters. The molecule has 0 amide bonds. The Bertz CT molecular complexity index is 531. The van der Waals surface area contributed by atoms with Crippen molar-refractivity contribution >= 4 is 10.8 Å². The quantitative estimate of drug-likeness (QED) is 0.847. The molecule has 0 aliphatic carbocycles. The molecule has 1 saturated heterocycles. The predicted molar refractivity (Wildman–Crippen MR) is 74.5 cm³/mol. The zero-order valence-electron chi connectivity index (χ0n) is 10.5. The normalized spacial score (nSPS) is 18.9. The van der Waals surface area contributed by atoms with Crippen LogP contribution in [0.3, 0.4) is 0 Å². The number of nitrogens with one attached hydrogen (secondary N) is 1. The van der Waals surface area contributed by atoms with Crippen molar-refractivity contribution in [2.45, 2.75) is 18.9 Å². The second kappa shape index (κ2) is 5.09. The Kier molecular flexibility index (Phi) is 3.31. The second-order valence-corrected chi connectivity index (χ2v) is 5.14. The van der Waals surface area contributed by atoms with E-state index in [0.29, 0.717) is 5.92 Å². The van der Waals surface area contributed by atoms with Crippen LogP contribution in [0.25, 0.3) is 10.8 Å². The summed E-state index contributed by atoms with van der Waals surface area (Å²) in [6.45, 7) is 2.05. The highest BCUT2D eigenvalue weighted by Crippen LogP contribution is 2.30. The molecular formula is C16H19NO. The third-order valence-corrected chi connectivity index (χ3v) is 3.95. The van der Waals surface area contributed by atoms with Crippen molar-refractivity contribution in [1.82, 2.24) is 5.32 Å². The lowest BCUT2D eigenvalue weighted by atomic mass is 9.87. The first kappa shape index (κ1) is 11.7. The van der Waals surface area contributed by atoms with Crippen molar-refractivity contribution in [2.24, 2.45) is 5.92 Å². The van der Waals surface area contributed by atoms with Crippen LogP contribution in [0.5, 0.6) is 0 Å². The largest absolute Gasteiger partial charge is 0.388 e. The summed E-state index contributed by atoms with van der Waals surface area (Å²) >= 11 is 0. The molecule has 2 aromatic rings. The fourth-order valence-electron chi connectivity index (χ4n) is 2.82. The third-order valence-electron chi connectivity index (χ3n) is 3.95. The van der Waals surface area contributed by atoms with Gasteiger partial charge in [0.15, 0.2) is 0 Å². The van der Waals surface area contributed by atoms with Gasteiger partial charge in [-0.05, 0) is 54.3 Å². The van der Waals surface area contributed by atoms with Crippen molar-refractivity contribution in [2.75, 3.05) is 13.1 Å². The van der Waals surface area contributed by atoms with E-state index in [4.69, 9.17) is 0 Å². The first-order valence-electron chi connectivity index (χ1n) is 6.72. The van der Waals surface area contributed by atoms with E-state index in [1.165, 1.54) is 10.8 Å². The van der Waals surface area contributed by atoms with E-state index in [1.54, 1.807) is 0 Å². The van der Waals surface area contributed by atoms with Crippen molar-refractivity contribution in [3.63, 3.8) is 0 Å². The molecular weight excluding hydrogens is 222 g/mol. The highest BCUT2D eigenvalue weighted by atomic mass is 16.3. The minimum Gasteiger partial charge on any atom is -0.388 e. The standard InChI is InChI=1S/C16H19NO/c18-16(13-7-9-17-10-8-13)15-6-5-12-3-1-2-4-14(12)11-15/h1-6,11,13,16-18H,7-10H2. The number of aliphatic hydroxyl groups is 1. The Morgan fingerprint density at radius 1 is 1.00 bits per heavy atom. The van der Waals surface area contributed by atoms with Crippen LogP contribution >= 0.6 is 0 Å². The minimum atomic E-state index is -0.322. The summed E-state index contributed by atoms with van der Waals surface area (Å²) in [6.07, 6.45) is 1.80. The average molecular weight is 241 g/mol. The molecule has 18 heavy (non-hydrogen) atoms. The molecule has 0 spiro atoms. The summed E-state index contributed by atoms with van der Waals surface area (Å²) in [7, 11) is 0. The number of hydrogen-bond acceptors (Lipinski definition) is 2. The summed E-state index contributed by atoms with van der Waals surface area (Å²) in [5, 5.41) is 16.3. The van der Waals surface area contributed by atoms with Gasteiger partial charge in [-0.15, -0.1) is 0 Å². The first-order chi connectivity index (χ1) is 8.84. The molecule has 3 rings (SSSR count). The Hall–Kier alpha value is -1.38. The van der Waals surface area contributed by atoms with Gasteiger partial charge in [0.1, 0.15) is 0 Å². The van der Waals surface area contributed by atoms with E-state index in [0.717, 1.165) is 31.5 Å². The maximum absolute atomic E-state index is 10.5. The van der Waals surface area contributed by atoms with Gasteiger partial charge >= 0.3 is 0 Å². The van der Waals surface area contributed by atoms with Crippen molar-refractivity contribution in [3.05, 3.63) is 48.0 Å². The number of piperidine rings is 1. The molecule has 0 saturated carbocycles. The molecule has 0 aromatic heterocycles. The van der Waals surface area contributed by atoms with Gasteiger partial charge in [-0.3, -0.25) is 0 Å². The van der Waals surface area contributed by atoms with Gasteiger partial charge in [0.25, 0.3) is 0 Å². The maximum atomic E-state index is 10.5. The van der Waals surface area contributed by atoms with Crippen LogP contribution in [0.4, 0.5) is 0 Å². The van der Waals surface area contributed by atoms with Crippen LogP contribution in [0.2, 0.25) is 0 Å². The Balaban J connectivity index is 1.88. The van der Waals surface area contributed by atoms with Gasteiger partial charge in [0.05, 0.1) is 6.10 Å². The second-order valence-electron chi connectivity index (χ2n) is 5.14. The van der Waals surface area contributed by atoms with Crippen LogP contribution < -0.4 is 5.32 Å². The Labute approximate surface area is 108 Å². The average Bonchev–Trinajstić information content (AvgIpc) is 2.47. The number of hydrogen-bond donors (Lipinski definition) is 2. The van der Waals surface area contributed by atoms with Gasteiger partial charge in [-0.2, -0.15) is 0 Å². The van der Waals surface area contributed by atoms with E-state index in [9.17, 15) is 5.11 Å². The van der Waals surface area contributed by atoms with Crippen molar-refractivity contribution in [3.8, 4) is 0 Å². The molecule has 1 unspecified atom stereocenters. The fraction of sp³-hybridized carbons (Fsp3) is 0.375. The molecule has 2 N–H and O–H groups in total. The number of fused-ring (bicyclic) bond motifs is 1. The van der Waals surface area contributed by atoms with Crippen LogP contribution in [-0.4, -0.2) is 18.2 Å². The molecule has 1 heterocycles. The van der Waals surface area contributed by atoms with Gasteiger partial charge < -0.3 is 10.4 Å². The van der Waals surface area contributed by atoms with Crippen LogP contribution in [0, 0.1) is 5.92 Å². The van der Waals surface area contributed by atoms with E-state index >= 15 is 0 Å². The van der Waals surface area contributed by atoms with Crippen molar-refractivity contribution < 1.29 is 5.11 Å². The molecule has 1 fully saturated rings. The zero-order valence-corrected chi connectivity index (χ0v) is 10.5. The summed E-state index contributed by atoms with van der Waals surface area (Å²) in [5.41, 5.74) is 1.06. The monoisotopic (exact) mass is 241 g/mol. The highest BCUT2D eigenvalue weighted by Gasteiger charge is 2.22. The van der Waals surface area contributed by atoms with E-state index < -0.39 is 0 Å². The molecule has 0 bridgehead atoms. The van der Waals surface area contributed by atoms with Crippen LogP contribution in [-0.2, 0) is 0 Å². The van der Waals surface area contributed by atoms with Crippen LogP contribution in [0.1, 0.15) is 24.5 Å². The molecule has 2 heteroatoms. The first-order valence-corrected chi connectivity index (χ1v) is 6.72. The molecule has 0 radical (unpaired) electrons. The molecule has 2 nitrogen and oxygen atoms in total. The topological polar surface area (TPSA) is 32.3 Å². The lowest BCUT2D eigenvalue weighted by molar-refractivity contribution is 0.0890. The summed E-state index contributed by atoms with van der Waals surface area (Å²) in [4.78, 5) is 0. The van der Waals surface area contributed by atoms with E-state index in [2.05, 4.69) is 35.6 Å². The summed E-state index contributed by atoms with van der Waals surface area (Å²) < 4.78 is 0. The number of rotatable bonds is 2. The lowest BCUT2D eigenvalue weighted by Crippen LogP contribution is -2.30. The Morgan fingerprint density at radius 2 is 1.72 bits per heavy atom. The van der Waals surface area contributed by atoms with E-state index in [-0.39, 0.29) is 6.10 Å². The lowest BCUT2D eigenvalue weighted by Gasteiger charge is -2.27. The van der Waals surface area contributed by atoms with Crippen LogP contribution in [0.15, 0.2) is 42.5 Å². The molecule has 1 aliphatic heterocycles. The molecule has 1 aliphatic rings. The molecule has 2 aromatic carbocycles. The van der Waals surface area contributed by atoms with Gasteiger partial charge in [-0.1, -0.05) is 36.4 Å². The number of benzene rings is 2. The smallest absolute Gasteiger partial charge is 0.0819 e. The predicted octanol–water partition coefficient (Wildman–Crippen LogP) is 2.87. The highest BCUT2D eigenvalue weighted by molar-refractivity contribution is 5.83. The fourth-order valence-corrected chi connectivity index (χ4v) is 2.82. The SMILES string of the molecule is OC(c1ccc2ccccc2c1)C1CCNCC1. The molecule has 94 valence electrons. The zero-order chi connectivity index (χ0) is 12.4. The third kappa shape index (κ3) is 2.26. The minimum absolute atomic E-state index is 0.322. The van der Waals surface area contributed by atoms with Gasteiger partial charge in [0, 0.05) is 0 Å².